The van der Waals surface area contributed by atoms with E-state index in [-0.39, 0.29) is 34.9 Å². The number of nitrogens with one attached hydrogen (secondary N) is 2. The van der Waals surface area contributed by atoms with Crippen molar-refractivity contribution in [1.29, 1.82) is 0 Å². The van der Waals surface area contributed by atoms with Crippen molar-refractivity contribution in [3.05, 3.63) is 57.6 Å². The second-order valence-electron chi connectivity index (χ2n) is 8.97. The number of alkyl halides is 1. The summed E-state index contributed by atoms with van der Waals surface area (Å²) in [7, 11) is -4.01. The minimum absolute atomic E-state index is 0.0804. The molecule has 36 heavy (non-hydrogen) atoms. The maximum absolute atomic E-state index is 13.5. The molecular weight excluding hydrogens is 489 g/mol. The minimum Gasteiger partial charge on any atom is -0.393 e. The SMILES string of the molecule is Cc1cccc(N2CCN(CCCNS(=O)(=O)c3cc(C)c([N+](=O)[O-])cc3NC[C@H](F)CO)CC2)c1. The second kappa shape index (κ2) is 12.4. The van der Waals surface area contributed by atoms with Gasteiger partial charge in [0.05, 0.1) is 17.2 Å². The molecule has 3 N–H and O–H groups in total. The Morgan fingerprint density at radius 3 is 2.53 bits per heavy atom. The largest absolute Gasteiger partial charge is 0.393 e. The molecule has 0 aromatic heterocycles. The van der Waals surface area contributed by atoms with E-state index >= 15 is 0 Å². The van der Waals surface area contributed by atoms with Gasteiger partial charge in [0.25, 0.3) is 5.69 Å². The fourth-order valence-corrected chi connectivity index (χ4v) is 5.47. The summed E-state index contributed by atoms with van der Waals surface area (Å²) in [5.74, 6) is 0. The molecule has 0 aliphatic carbocycles. The standard InChI is InChI=1S/C24H34FN5O5S/c1-18-5-3-6-21(13-18)29-11-9-28(10-12-29)8-4-7-27-36(34,35)24-14-19(2)23(30(32)33)15-22(24)26-16-20(25)17-31/h3,5-6,13-15,20,26-27,31H,4,7-12,16-17H2,1-2H3/t20-/m0/s1. The molecule has 1 atom stereocenters. The van der Waals surface area contributed by atoms with Crippen molar-refractivity contribution in [2.24, 2.45) is 0 Å². The van der Waals surface area contributed by atoms with Gasteiger partial charge in [-0.15, -0.1) is 0 Å². The number of piperazine rings is 1. The lowest BCUT2D eigenvalue weighted by molar-refractivity contribution is -0.385. The number of halogens is 1. The third-order valence-corrected chi connectivity index (χ3v) is 7.68. The van der Waals surface area contributed by atoms with Gasteiger partial charge in [0.15, 0.2) is 0 Å². The zero-order chi connectivity index (χ0) is 26.3. The van der Waals surface area contributed by atoms with Crippen molar-refractivity contribution in [3.8, 4) is 0 Å². The predicted molar refractivity (Wildman–Crippen MR) is 138 cm³/mol. The van der Waals surface area contributed by atoms with Crippen LogP contribution in [-0.4, -0.2) is 81.9 Å². The molecule has 10 nitrogen and oxygen atoms in total. The first-order valence-electron chi connectivity index (χ1n) is 11.9. The van der Waals surface area contributed by atoms with Crippen LogP contribution in [0, 0.1) is 24.0 Å². The number of hydrogen-bond donors (Lipinski definition) is 3. The normalized spacial score (nSPS) is 15.6. The number of aryl methyl sites for hydroxylation is 2. The van der Waals surface area contributed by atoms with Crippen LogP contribution in [0.3, 0.4) is 0 Å². The molecule has 12 heteroatoms. The minimum atomic E-state index is -4.01. The summed E-state index contributed by atoms with van der Waals surface area (Å²) in [6.45, 7) is 6.87. The predicted octanol–water partition coefficient (Wildman–Crippen LogP) is 2.44. The van der Waals surface area contributed by atoms with Crippen LogP contribution in [-0.2, 0) is 10.0 Å². The molecule has 1 saturated heterocycles. The van der Waals surface area contributed by atoms with E-state index in [0.717, 1.165) is 38.8 Å². The van der Waals surface area contributed by atoms with Crippen LogP contribution in [0.15, 0.2) is 41.3 Å². The molecular formula is C24H34FN5O5S. The van der Waals surface area contributed by atoms with Gasteiger partial charge in [0.2, 0.25) is 10.0 Å². The Hall–Kier alpha value is -2.80. The van der Waals surface area contributed by atoms with Gasteiger partial charge >= 0.3 is 0 Å². The van der Waals surface area contributed by atoms with Crippen LogP contribution in [0.2, 0.25) is 0 Å². The van der Waals surface area contributed by atoms with Gasteiger partial charge in [-0.05, 0) is 50.6 Å². The molecule has 1 fully saturated rings. The number of benzene rings is 2. The zero-order valence-electron chi connectivity index (χ0n) is 20.6. The smallest absolute Gasteiger partial charge is 0.274 e. The van der Waals surface area contributed by atoms with Crippen molar-refractivity contribution < 1.29 is 22.8 Å². The van der Waals surface area contributed by atoms with E-state index in [1.807, 2.05) is 0 Å². The third-order valence-electron chi connectivity index (χ3n) is 6.18. The van der Waals surface area contributed by atoms with E-state index in [0.29, 0.717) is 6.42 Å². The Morgan fingerprint density at radius 1 is 1.17 bits per heavy atom. The lowest BCUT2D eigenvalue weighted by atomic mass is 10.2. The summed E-state index contributed by atoms with van der Waals surface area (Å²) in [6.07, 6.45) is -1.05. The average Bonchev–Trinajstić information content (AvgIpc) is 2.85. The first-order valence-corrected chi connectivity index (χ1v) is 13.4. The van der Waals surface area contributed by atoms with E-state index < -0.39 is 27.7 Å². The molecule has 0 amide bonds. The summed E-state index contributed by atoms with van der Waals surface area (Å²) in [4.78, 5) is 15.1. The molecule has 0 bridgehead atoms. The van der Waals surface area contributed by atoms with E-state index in [4.69, 9.17) is 5.11 Å². The van der Waals surface area contributed by atoms with Crippen LogP contribution in [0.25, 0.3) is 0 Å². The number of nitrogens with zero attached hydrogens (tertiary/aromatic N) is 3. The Bertz CT molecular complexity index is 1160. The maximum Gasteiger partial charge on any atom is 0.274 e. The summed E-state index contributed by atoms with van der Waals surface area (Å²) in [5.41, 5.74) is 2.25. The van der Waals surface area contributed by atoms with Crippen molar-refractivity contribution >= 4 is 27.1 Å². The van der Waals surface area contributed by atoms with Crippen molar-refractivity contribution in [1.82, 2.24) is 9.62 Å². The first kappa shape index (κ1) is 27.8. The Balaban J connectivity index is 1.56. The van der Waals surface area contributed by atoms with Gasteiger partial charge in [-0.3, -0.25) is 15.0 Å². The number of aliphatic hydroxyl groups is 1. The lowest BCUT2D eigenvalue weighted by Crippen LogP contribution is -2.47. The van der Waals surface area contributed by atoms with Crippen molar-refractivity contribution in [2.75, 3.05) is 62.6 Å². The third kappa shape index (κ3) is 7.36. The van der Waals surface area contributed by atoms with E-state index in [2.05, 4.69) is 51.0 Å². The Labute approximate surface area is 211 Å². The van der Waals surface area contributed by atoms with E-state index in [9.17, 15) is 22.9 Å². The zero-order valence-corrected chi connectivity index (χ0v) is 21.4. The van der Waals surface area contributed by atoms with Gasteiger partial charge in [-0.25, -0.2) is 17.5 Å². The highest BCUT2D eigenvalue weighted by molar-refractivity contribution is 7.89. The molecule has 3 rings (SSSR count). The molecule has 1 heterocycles. The molecule has 0 unspecified atom stereocenters. The molecule has 198 valence electrons. The molecule has 0 spiro atoms. The molecule has 1 aliphatic heterocycles. The lowest BCUT2D eigenvalue weighted by Gasteiger charge is -2.36. The molecule has 0 radical (unpaired) electrons. The second-order valence-corrected chi connectivity index (χ2v) is 10.7. The summed E-state index contributed by atoms with van der Waals surface area (Å²) < 4.78 is 42.1. The van der Waals surface area contributed by atoms with Crippen LogP contribution >= 0.6 is 0 Å². The van der Waals surface area contributed by atoms with E-state index in [1.165, 1.54) is 24.2 Å². The number of hydrogen-bond acceptors (Lipinski definition) is 8. The Kier molecular flexibility index (Phi) is 9.60. The highest BCUT2D eigenvalue weighted by Crippen LogP contribution is 2.30. The topological polar surface area (TPSA) is 128 Å². The Morgan fingerprint density at radius 2 is 1.89 bits per heavy atom. The van der Waals surface area contributed by atoms with Gasteiger partial charge in [-0.2, -0.15) is 0 Å². The van der Waals surface area contributed by atoms with Gasteiger partial charge < -0.3 is 15.3 Å². The van der Waals surface area contributed by atoms with Crippen molar-refractivity contribution in [3.63, 3.8) is 0 Å². The molecule has 2 aromatic carbocycles. The van der Waals surface area contributed by atoms with Crippen LogP contribution in [0.5, 0.6) is 0 Å². The molecule has 2 aromatic rings. The highest BCUT2D eigenvalue weighted by Gasteiger charge is 2.24. The molecule has 0 saturated carbocycles. The van der Waals surface area contributed by atoms with Crippen LogP contribution in [0.1, 0.15) is 17.5 Å². The molecule has 1 aliphatic rings. The van der Waals surface area contributed by atoms with E-state index in [1.54, 1.807) is 0 Å². The fraction of sp³-hybridized carbons (Fsp3) is 0.500. The summed E-state index contributed by atoms with van der Waals surface area (Å²) in [5, 5.41) is 22.8. The van der Waals surface area contributed by atoms with Crippen molar-refractivity contribution in [2.45, 2.75) is 31.3 Å². The number of nitro benzene ring substituents is 1. The van der Waals surface area contributed by atoms with Gasteiger partial charge in [0, 0.05) is 56.6 Å². The number of nitro groups is 1. The fourth-order valence-electron chi connectivity index (χ4n) is 4.15. The summed E-state index contributed by atoms with van der Waals surface area (Å²) >= 11 is 0. The monoisotopic (exact) mass is 523 g/mol. The number of sulfonamides is 1. The average molecular weight is 524 g/mol. The van der Waals surface area contributed by atoms with Gasteiger partial charge in [-0.1, -0.05) is 12.1 Å². The summed E-state index contributed by atoms with van der Waals surface area (Å²) in [6, 6.07) is 10.7. The maximum atomic E-state index is 13.5. The van der Waals surface area contributed by atoms with Crippen LogP contribution in [0.4, 0.5) is 21.5 Å². The van der Waals surface area contributed by atoms with Gasteiger partial charge in [0.1, 0.15) is 11.1 Å². The highest BCUT2D eigenvalue weighted by atomic mass is 32.2. The first-order chi connectivity index (χ1) is 17.1. The van der Waals surface area contributed by atoms with Crippen LogP contribution < -0.4 is 14.9 Å². The number of anilines is 2. The quantitative estimate of drug-likeness (QED) is 0.220. The number of aliphatic hydroxyl groups excluding tert-OH is 1. The number of rotatable bonds is 12.